The Labute approximate surface area is 139 Å². The lowest BCUT2D eigenvalue weighted by molar-refractivity contribution is -0.121. The summed E-state index contributed by atoms with van der Waals surface area (Å²) < 4.78 is 12.9. The minimum atomic E-state index is -0.581. The number of carbonyl (C=O) groups is 2. The average molecular weight is 332 g/mol. The third-order valence-electron chi connectivity index (χ3n) is 3.76. The van der Waals surface area contributed by atoms with Crippen LogP contribution in [0.5, 0.6) is 0 Å². The van der Waals surface area contributed by atoms with E-state index in [1.54, 1.807) is 18.2 Å². The fourth-order valence-electron chi connectivity index (χ4n) is 2.23. The summed E-state index contributed by atoms with van der Waals surface area (Å²) in [7, 11) is 0. The maximum atomic E-state index is 12.9. The van der Waals surface area contributed by atoms with E-state index in [0.717, 1.165) is 11.3 Å². The number of halogens is 1. The molecule has 0 fully saturated rings. The van der Waals surface area contributed by atoms with E-state index in [-0.39, 0.29) is 29.9 Å². The Morgan fingerprint density at radius 2 is 1.96 bits per heavy atom. The van der Waals surface area contributed by atoms with Crippen LogP contribution in [0.15, 0.2) is 30.3 Å². The molecule has 0 spiro atoms. The van der Waals surface area contributed by atoms with Crippen LogP contribution in [-0.4, -0.2) is 28.6 Å². The quantitative estimate of drug-likeness (QED) is 0.720. The van der Waals surface area contributed by atoms with Crippen LogP contribution in [0.25, 0.3) is 0 Å². The number of carbonyl (C=O) groups excluding carboxylic acids is 2. The van der Waals surface area contributed by atoms with Gasteiger partial charge in [-0.05, 0) is 36.1 Å². The largest absolute Gasteiger partial charge is 0.369 e. The van der Waals surface area contributed by atoms with Gasteiger partial charge in [-0.2, -0.15) is 5.10 Å². The summed E-state index contributed by atoms with van der Waals surface area (Å²) in [6.07, 6.45) is 0.327. The van der Waals surface area contributed by atoms with Crippen LogP contribution in [0.1, 0.15) is 41.5 Å². The zero-order valence-corrected chi connectivity index (χ0v) is 13.7. The molecule has 24 heavy (non-hydrogen) atoms. The predicted molar refractivity (Wildman–Crippen MR) is 87.8 cm³/mol. The molecule has 0 aliphatic rings. The van der Waals surface area contributed by atoms with E-state index in [4.69, 9.17) is 5.73 Å². The highest BCUT2D eigenvalue weighted by Crippen LogP contribution is 2.12. The Bertz CT molecular complexity index is 710. The van der Waals surface area contributed by atoms with Crippen molar-refractivity contribution >= 4 is 11.8 Å². The number of nitrogens with one attached hydrogen (secondary N) is 2. The van der Waals surface area contributed by atoms with E-state index < -0.39 is 11.8 Å². The van der Waals surface area contributed by atoms with Gasteiger partial charge in [-0.25, -0.2) is 4.39 Å². The lowest BCUT2D eigenvalue weighted by Crippen LogP contribution is -2.37. The van der Waals surface area contributed by atoms with E-state index in [2.05, 4.69) is 15.5 Å². The normalized spacial score (nSPS) is 12.2. The molecule has 6 nitrogen and oxygen atoms in total. The van der Waals surface area contributed by atoms with Crippen LogP contribution >= 0.6 is 0 Å². The molecule has 128 valence electrons. The van der Waals surface area contributed by atoms with Crippen LogP contribution in [0.4, 0.5) is 4.39 Å². The van der Waals surface area contributed by atoms with E-state index in [1.807, 2.05) is 13.8 Å². The Morgan fingerprint density at radius 1 is 1.29 bits per heavy atom. The molecule has 0 saturated carbocycles. The van der Waals surface area contributed by atoms with E-state index in [1.165, 1.54) is 12.1 Å². The molecule has 0 radical (unpaired) electrons. The van der Waals surface area contributed by atoms with Gasteiger partial charge >= 0.3 is 0 Å². The van der Waals surface area contributed by atoms with Crippen molar-refractivity contribution in [1.29, 1.82) is 0 Å². The first kappa shape index (κ1) is 17.7. The van der Waals surface area contributed by atoms with Gasteiger partial charge in [-0.15, -0.1) is 0 Å². The third-order valence-corrected chi connectivity index (χ3v) is 3.76. The fraction of sp³-hybridized carbons (Fsp3) is 0.353. The number of amides is 2. The zero-order valence-electron chi connectivity index (χ0n) is 13.7. The Balaban J connectivity index is 1.96. The van der Waals surface area contributed by atoms with Crippen molar-refractivity contribution in [3.63, 3.8) is 0 Å². The topological polar surface area (TPSA) is 101 Å². The number of hydrogen-bond donors (Lipinski definition) is 3. The van der Waals surface area contributed by atoms with Gasteiger partial charge in [0.1, 0.15) is 11.5 Å². The highest BCUT2D eigenvalue weighted by Gasteiger charge is 2.19. The second-order valence-corrected chi connectivity index (χ2v) is 6.00. The van der Waals surface area contributed by atoms with E-state index in [9.17, 15) is 14.0 Å². The molecule has 1 aromatic heterocycles. The number of H-pyrrole nitrogens is 1. The second-order valence-electron chi connectivity index (χ2n) is 6.00. The minimum Gasteiger partial charge on any atom is -0.369 e. The highest BCUT2D eigenvalue weighted by atomic mass is 19.1. The summed E-state index contributed by atoms with van der Waals surface area (Å²) in [6, 6.07) is 7.51. The molecule has 4 N–H and O–H groups in total. The summed E-state index contributed by atoms with van der Waals surface area (Å²) in [4.78, 5) is 23.7. The number of aromatic nitrogens is 2. The number of aromatic amines is 1. The third kappa shape index (κ3) is 4.65. The van der Waals surface area contributed by atoms with Crippen molar-refractivity contribution in [2.24, 2.45) is 11.7 Å². The van der Waals surface area contributed by atoms with E-state index in [0.29, 0.717) is 6.42 Å². The van der Waals surface area contributed by atoms with Gasteiger partial charge in [-0.1, -0.05) is 26.0 Å². The maximum absolute atomic E-state index is 12.9. The molecular formula is C17H21FN4O2. The van der Waals surface area contributed by atoms with Crippen LogP contribution in [-0.2, 0) is 11.2 Å². The highest BCUT2D eigenvalue weighted by molar-refractivity contribution is 5.92. The number of nitrogens with zero attached hydrogens (tertiary/aromatic N) is 1. The Kier molecular flexibility index (Phi) is 5.68. The van der Waals surface area contributed by atoms with Gasteiger partial charge in [0.2, 0.25) is 5.91 Å². The van der Waals surface area contributed by atoms with Gasteiger partial charge in [0.25, 0.3) is 5.91 Å². The van der Waals surface area contributed by atoms with Crippen molar-refractivity contribution in [2.45, 2.75) is 26.2 Å². The minimum absolute atomic E-state index is 0.0927. The predicted octanol–water partition coefficient (Wildman–Crippen LogP) is 1.75. The summed E-state index contributed by atoms with van der Waals surface area (Å²) in [5.74, 6) is -1.59. The van der Waals surface area contributed by atoms with Crippen molar-refractivity contribution < 1.29 is 14.0 Å². The molecule has 0 bridgehead atoms. The van der Waals surface area contributed by atoms with Crippen LogP contribution in [0.3, 0.4) is 0 Å². The first-order chi connectivity index (χ1) is 11.4. The van der Waals surface area contributed by atoms with Crippen LogP contribution in [0, 0.1) is 11.7 Å². The Hall–Kier alpha value is -2.70. The van der Waals surface area contributed by atoms with Gasteiger partial charge in [0.15, 0.2) is 0 Å². The van der Waals surface area contributed by atoms with Crippen LogP contribution in [0.2, 0.25) is 0 Å². The number of benzene rings is 1. The van der Waals surface area contributed by atoms with Crippen LogP contribution < -0.4 is 11.1 Å². The zero-order chi connectivity index (χ0) is 17.7. The molecule has 0 unspecified atom stereocenters. The molecule has 0 aliphatic heterocycles. The summed E-state index contributed by atoms with van der Waals surface area (Å²) >= 11 is 0. The molecule has 2 aromatic rings. The molecule has 0 aliphatic carbocycles. The van der Waals surface area contributed by atoms with Gasteiger partial charge < -0.3 is 11.1 Å². The van der Waals surface area contributed by atoms with Crippen molar-refractivity contribution in [3.8, 4) is 0 Å². The Morgan fingerprint density at radius 3 is 2.50 bits per heavy atom. The summed E-state index contributed by atoms with van der Waals surface area (Å²) in [5, 5.41) is 9.43. The van der Waals surface area contributed by atoms with Crippen molar-refractivity contribution in [3.05, 3.63) is 53.1 Å². The molecule has 0 saturated heterocycles. The number of rotatable bonds is 7. The molecule has 2 rings (SSSR count). The number of nitrogens with two attached hydrogens (primary N) is 1. The molecule has 2 amide bonds. The standard InChI is InChI=1S/C17H21FN4O2/c1-10(2)14-8-15(22-21-14)17(24)20-9-12(16(19)23)7-11-3-5-13(18)6-4-11/h3-6,8,10,12H,7,9H2,1-2H3,(H2,19,23)(H,20,24)(H,21,22)/t12-/m1/s1. The van der Waals surface area contributed by atoms with Crippen molar-refractivity contribution in [2.75, 3.05) is 6.54 Å². The first-order valence-electron chi connectivity index (χ1n) is 7.74. The lowest BCUT2D eigenvalue weighted by Gasteiger charge is -2.14. The van der Waals surface area contributed by atoms with Crippen molar-refractivity contribution in [1.82, 2.24) is 15.5 Å². The van der Waals surface area contributed by atoms with Gasteiger partial charge in [0, 0.05) is 12.2 Å². The SMILES string of the molecule is CC(C)c1cc(C(=O)NC[C@@H](Cc2ccc(F)cc2)C(N)=O)n[nH]1. The molecule has 1 atom stereocenters. The fourth-order valence-corrected chi connectivity index (χ4v) is 2.23. The lowest BCUT2D eigenvalue weighted by atomic mass is 9.98. The first-order valence-corrected chi connectivity index (χ1v) is 7.74. The molecule has 7 heteroatoms. The molecule has 1 heterocycles. The molecular weight excluding hydrogens is 311 g/mol. The molecule has 1 aromatic carbocycles. The smallest absolute Gasteiger partial charge is 0.271 e. The summed E-state index contributed by atoms with van der Waals surface area (Å²) in [6.45, 7) is 4.07. The average Bonchev–Trinajstić information content (AvgIpc) is 3.03. The number of primary amides is 1. The maximum Gasteiger partial charge on any atom is 0.271 e. The van der Waals surface area contributed by atoms with Gasteiger partial charge in [0.05, 0.1) is 5.92 Å². The summed E-state index contributed by atoms with van der Waals surface area (Å²) in [5.41, 5.74) is 7.30. The second kappa shape index (κ2) is 7.72. The number of hydrogen-bond acceptors (Lipinski definition) is 3. The van der Waals surface area contributed by atoms with Gasteiger partial charge in [-0.3, -0.25) is 14.7 Å². The monoisotopic (exact) mass is 332 g/mol. The van der Waals surface area contributed by atoms with E-state index >= 15 is 0 Å².